The SMILES string of the molecule is Cn1ccnc(OCC2CC2)c1=O. The third-order valence-electron chi connectivity index (χ3n) is 2.14. The van der Waals surface area contributed by atoms with E-state index in [9.17, 15) is 4.79 Å². The summed E-state index contributed by atoms with van der Waals surface area (Å²) in [6.45, 7) is 0.631. The lowest BCUT2D eigenvalue weighted by Gasteiger charge is -2.03. The van der Waals surface area contributed by atoms with Gasteiger partial charge in [0.25, 0.3) is 5.88 Å². The van der Waals surface area contributed by atoms with Crippen LogP contribution in [0.15, 0.2) is 17.2 Å². The van der Waals surface area contributed by atoms with E-state index in [0.717, 1.165) is 0 Å². The van der Waals surface area contributed by atoms with Crippen molar-refractivity contribution >= 4 is 0 Å². The average Bonchev–Trinajstić information content (AvgIpc) is 2.91. The molecule has 0 unspecified atom stereocenters. The van der Waals surface area contributed by atoms with Crippen LogP contribution in [0, 0.1) is 5.92 Å². The van der Waals surface area contributed by atoms with Gasteiger partial charge in [-0.2, -0.15) is 0 Å². The van der Waals surface area contributed by atoms with Crippen molar-refractivity contribution in [2.75, 3.05) is 6.61 Å². The Kier molecular flexibility index (Phi) is 2.04. The average molecular weight is 180 g/mol. The van der Waals surface area contributed by atoms with Gasteiger partial charge in [-0.05, 0) is 18.8 Å². The summed E-state index contributed by atoms with van der Waals surface area (Å²) in [5.74, 6) is 0.864. The zero-order chi connectivity index (χ0) is 9.26. The largest absolute Gasteiger partial charge is 0.473 e. The summed E-state index contributed by atoms with van der Waals surface area (Å²) in [5, 5.41) is 0. The van der Waals surface area contributed by atoms with Crippen molar-refractivity contribution in [2.24, 2.45) is 13.0 Å². The van der Waals surface area contributed by atoms with E-state index < -0.39 is 0 Å². The molecule has 0 bridgehead atoms. The van der Waals surface area contributed by atoms with Gasteiger partial charge < -0.3 is 9.30 Å². The summed E-state index contributed by atoms with van der Waals surface area (Å²) in [5.41, 5.74) is -0.164. The van der Waals surface area contributed by atoms with E-state index in [2.05, 4.69) is 4.98 Å². The molecule has 0 aromatic carbocycles. The Bertz CT molecular complexity index is 355. The summed E-state index contributed by atoms with van der Waals surface area (Å²) < 4.78 is 6.76. The molecule has 1 aliphatic carbocycles. The summed E-state index contributed by atoms with van der Waals surface area (Å²) in [6.07, 6.45) is 5.62. The van der Waals surface area contributed by atoms with E-state index in [4.69, 9.17) is 4.74 Å². The molecule has 13 heavy (non-hydrogen) atoms. The van der Waals surface area contributed by atoms with Gasteiger partial charge in [-0.15, -0.1) is 0 Å². The Morgan fingerprint density at radius 1 is 1.69 bits per heavy atom. The normalized spacial score (nSPS) is 15.8. The van der Waals surface area contributed by atoms with Crippen molar-refractivity contribution in [1.82, 2.24) is 9.55 Å². The molecule has 0 aliphatic heterocycles. The number of hydrogen-bond donors (Lipinski definition) is 0. The van der Waals surface area contributed by atoms with Crippen LogP contribution in [0.25, 0.3) is 0 Å². The van der Waals surface area contributed by atoms with Gasteiger partial charge in [-0.25, -0.2) is 4.98 Å². The summed E-state index contributed by atoms with van der Waals surface area (Å²) >= 11 is 0. The topological polar surface area (TPSA) is 44.1 Å². The van der Waals surface area contributed by atoms with Crippen LogP contribution in [-0.2, 0) is 7.05 Å². The van der Waals surface area contributed by atoms with Crippen LogP contribution in [0.5, 0.6) is 5.88 Å². The maximum Gasteiger partial charge on any atom is 0.313 e. The quantitative estimate of drug-likeness (QED) is 0.683. The van der Waals surface area contributed by atoms with Crippen molar-refractivity contribution in [3.05, 3.63) is 22.7 Å². The van der Waals surface area contributed by atoms with Gasteiger partial charge in [0.05, 0.1) is 6.61 Å². The highest BCUT2D eigenvalue weighted by molar-refractivity contribution is 5.04. The third kappa shape index (κ3) is 1.88. The van der Waals surface area contributed by atoms with Crippen LogP contribution in [0.1, 0.15) is 12.8 Å². The van der Waals surface area contributed by atoms with E-state index in [1.165, 1.54) is 17.4 Å². The molecule has 0 spiro atoms. The second-order valence-corrected chi connectivity index (χ2v) is 3.40. The van der Waals surface area contributed by atoms with Crippen LogP contribution in [-0.4, -0.2) is 16.2 Å². The summed E-state index contributed by atoms with van der Waals surface area (Å²) in [4.78, 5) is 15.3. The van der Waals surface area contributed by atoms with E-state index in [1.54, 1.807) is 19.4 Å². The van der Waals surface area contributed by atoms with E-state index in [1.807, 2.05) is 0 Å². The first kappa shape index (κ1) is 8.29. The van der Waals surface area contributed by atoms with Gasteiger partial charge >= 0.3 is 5.56 Å². The Morgan fingerprint density at radius 2 is 2.46 bits per heavy atom. The van der Waals surface area contributed by atoms with E-state index in [0.29, 0.717) is 12.5 Å². The van der Waals surface area contributed by atoms with Crippen molar-refractivity contribution in [1.29, 1.82) is 0 Å². The number of aromatic nitrogens is 2. The first-order chi connectivity index (χ1) is 6.27. The molecule has 0 amide bonds. The van der Waals surface area contributed by atoms with Gasteiger partial charge in [0.15, 0.2) is 0 Å². The van der Waals surface area contributed by atoms with E-state index in [-0.39, 0.29) is 11.4 Å². The minimum absolute atomic E-state index is 0.164. The molecule has 0 N–H and O–H groups in total. The highest BCUT2D eigenvalue weighted by Gasteiger charge is 2.22. The molecule has 1 fully saturated rings. The van der Waals surface area contributed by atoms with Crippen LogP contribution >= 0.6 is 0 Å². The summed E-state index contributed by atoms with van der Waals surface area (Å²) in [6, 6.07) is 0. The number of ether oxygens (including phenoxy) is 1. The fourth-order valence-corrected chi connectivity index (χ4v) is 1.06. The first-order valence-corrected chi connectivity index (χ1v) is 4.42. The first-order valence-electron chi connectivity index (χ1n) is 4.42. The molecule has 4 nitrogen and oxygen atoms in total. The van der Waals surface area contributed by atoms with Gasteiger partial charge in [0.1, 0.15) is 0 Å². The molecular weight excluding hydrogens is 168 g/mol. The number of aryl methyl sites for hydroxylation is 1. The third-order valence-corrected chi connectivity index (χ3v) is 2.14. The monoisotopic (exact) mass is 180 g/mol. The van der Waals surface area contributed by atoms with Gasteiger partial charge in [-0.1, -0.05) is 0 Å². The molecule has 70 valence electrons. The van der Waals surface area contributed by atoms with Crippen molar-refractivity contribution in [2.45, 2.75) is 12.8 Å². The highest BCUT2D eigenvalue weighted by atomic mass is 16.5. The number of rotatable bonds is 3. The molecular formula is C9H12N2O2. The zero-order valence-electron chi connectivity index (χ0n) is 7.56. The molecule has 4 heteroatoms. The zero-order valence-corrected chi connectivity index (χ0v) is 7.56. The van der Waals surface area contributed by atoms with Crippen molar-refractivity contribution in [3.63, 3.8) is 0 Å². The second-order valence-electron chi connectivity index (χ2n) is 3.40. The minimum Gasteiger partial charge on any atom is -0.473 e. The van der Waals surface area contributed by atoms with E-state index >= 15 is 0 Å². The Balaban J connectivity index is 2.09. The van der Waals surface area contributed by atoms with Gasteiger partial charge in [0.2, 0.25) is 0 Å². The minimum atomic E-state index is -0.164. The lowest BCUT2D eigenvalue weighted by Crippen LogP contribution is -2.20. The molecule has 1 aliphatic rings. The lowest BCUT2D eigenvalue weighted by molar-refractivity contribution is 0.282. The van der Waals surface area contributed by atoms with Crippen LogP contribution < -0.4 is 10.3 Å². The fourth-order valence-electron chi connectivity index (χ4n) is 1.06. The van der Waals surface area contributed by atoms with Gasteiger partial charge in [-0.3, -0.25) is 4.79 Å². The molecule has 1 aromatic heterocycles. The van der Waals surface area contributed by atoms with Crippen LogP contribution in [0.4, 0.5) is 0 Å². The second kappa shape index (κ2) is 3.20. The molecule has 1 heterocycles. The van der Waals surface area contributed by atoms with Crippen LogP contribution in [0.2, 0.25) is 0 Å². The molecule has 0 atom stereocenters. The standard InChI is InChI=1S/C9H12N2O2/c1-11-5-4-10-8(9(11)12)13-6-7-2-3-7/h4-5,7H,2-3,6H2,1H3. The highest BCUT2D eigenvalue weighted by Crippen LogP contribution is 2.28. The predicted octanol–water partition coefficient (Wildman–Crippen LogP) is 0.569. The van der Waals surface area contributed by atoms with Crippen molar-refractivity contribution in [3.8, 4) is 5.88 Å². The molecule has 2 rings (SSSR count). The lowest BCUT2D eigenvalue weighted by atomic mass is 10.5. The number of nitrogens with zero attached hydrogens (tertiary/aromatic N) is 2. The van der Waals surface area contributed by atoms with Crippen LogP contribution in [0.3, 0.4) is 0 Å². The summed E-state index contributed by atoms with van der Waals surface area (Å²) in [7, 11) is 1.69. The Morgan fingerprint density at radius 3 is 3.15 bits per heavy atom. The smallest absolute Gasteiger partial charge is 0.313 e. The molecule has 0 saturated heterocycles. The number of hydrogen-bond acceptors (Lipinski definition) is 3. The molecule has 1 saturated carbocycles. The molecule has 1 aromatic rings. The Labute approximate surface area is 76.2 Å². The molecule has 0 radical (unpaired) electrons. The maximum atomic E-state index is 11.4. The Hall–Kier alpha value is -1.32. The predicted molar refractivity (Wildman–Crippen MR) is 47.7 cm³/mol. The van der Waals surface area contributed by atoms with Gasteiger partial charge in [0, 0.05) is 19.4 Å². The fraction of sp³-hybridized carbons (Fsp3) is 0.556. The maximum absolute atomic E-state index is 11.4. The van der Waals surface area contributed by atoms with Crippen molar-refractivity contribution < 1.29 is 4.74 Å².